The predicted octanol–water partition coefficient (Wildman–Crippen LogP) is 2.51. The molecule has 140 valence electrons. The van der Waals surface area contributed by atoms with Gasteiger partial charge in [0.2, 0.25) is 0 Å². The second kappa shape index (κ2) is 8.62. The van der Waals surface area contributed by atoms with Gasteiger partial charge in [0.1, 0.15) is 11.5 Å². The monoisotopic (exact) mass is 359 g/mol. The molecule has 0 unspecified atom stereocenters. The van der Waals surface area contributed by atoms with Crippen LogP contribution < -0.4 is 15.0 Å². The molecule has 0 aliphatic carbocycles. The van der Waals surface area contributed by atoms with E-state index >= 15 is 0 Å². The van der Waals surface area contributed by atoms with Gasteiger partial charge in [-0.1, -0.05) is 0 Å². The van der Waals surface area contributed by atoms with Crippen molar-refractivity contribution in [3.05, 3.63) is 48.4 Å². The summed E-state index contributed by atoms with van der Waals surface area (Å²) in [6.07, 6.45) is 1.23. The van der Waals surface area contributed by atoms with Crippen molar-refractivity contribution in [1.82, 2.24) is 10.2 Å². The minimum atomic E-state index is -0.432. The number of methoxy groups -OCH3 is 2. The molecule has 26 heavy (non-hydrogen) atoms. The van der Waals surface area contributed by atoms with E-state index in [1.165, 1.54) is 12.8 Å². The first-order valence-electron chi connectivity index (χ1n) is 8.69. The van der Waals surface area contributed by atoms with Crippen LogP contribution in [-0.4, -0.2) is 57.9 Å². The van der Waals surface area contributed by atoms with Crippen molar-refractivity contribution in [2.75, 3.05) is 51.8 Å². The van der Waals surface area contributed by atoms with Crippen molar-refractivity contribution >= 4 is 11.8 Å². The molecule has 1 atom stereocenters. The summed E-state index contributed by atoms with van der Waals surface area (Å²) < 4.78 is 15.5. The van der Waals surface area contributed by atoms with E-state index < -0.39 is 6.09 Å². The second-order valence-electron chi connectivity index (χ2n) is 6.12. The first kappa shape index (κ1) is 18.1. The number of furan rings is 1. The van der Waals surface area contributed by atoms with Gasteiger partial charge < -0.3 is 24.1 Å². The van der Waals surface area contributed by atoms with Crippen molar-refractivity contribution in [3.8, 4) is 5.75 Å². The standard InChI is InChI=1S/C19H25N3O4/c1-24-16-7-5-15(6-8-16)21-9-11-22(12-10-21)17(14-20-19(23)25-2)18-4-3-13-26-18/h3-8,13,17H,9-12,14H2,1-2H3,(H,20,23)/t17-/m1/s1. The normalized spacial score (nSPS) is 16.2. The molecule has 1 aromatic carbocycles. The van der Waals surface area contributed by atoms with Crippen LogP contribution in [0.15, 0.2) is 47.1 Å². The van der Waals surface area contributed by atoms with Gasteiger partial charge in [-0.05, 0) is 36.4 Å². The maximum atomic E-state index is 11.5. The van der Waals surface area contributed by atoms with Crippen LogP contribution >= 0.6 is 0 Å². The molecule has 1 aliphatic rings. The van der Waals surface area contributed by atoms with Gasteiger partial charge >= 0.3 is 6.09 Å². The van der Waals surface area contributed by atoms with Gasteiger partial charge in [0.25, 0.3) is 0 Å². The average Bonchev–Trinajstić information content (AvgIpc) is 3.23. The summed E-state index contributed by atoms with van der Waals surface area (Å²) in [5.41, 5.74) is 1.19. The van der Waals surface area contributed by atoms with Crippen LogP contribution in [0.4, 0.5) is 10.5 Å². The highest BCUT2D eigenvalue weighted by atomic mass is 16.5. The maximum Gasteiger partial charge on any atom is 0.406 e. The third kappa shape index (κ3) is 4.29. The van der Waals surface area contributed by atoms with E-state index in [0.29, 0.717) is 6.54 Å². The van der Waals surface area contributed by atoms with Crippen molar-refractivity contribution < 1.29 is 18.7 Å². The minimum absolute atomic E-state index is 0.0119. The van der Waals surface area contributed by atoms with Crippen LogP contribution in [0.3, 0.4) is 0 Å². The molecule has 1 saturated heterocycles. The number of piperazine rings is 1. The van der Waals surface area contributed by atoms with Crippen LogP contribution in [-0.2, 0) is 4.74 Å². The molecule has 1 N–H and O–H groups in total. The molecular weight excluding hydrogens is 334 g/mol. The number of nitrogens with zero attached hydrogens (tertiary/aromatic N) is 2. The zero-order chi connectivity index (χ0) is 18.4. The zero-order valence-electron chi connectivity index (χ0n) is 15.2. The number of carbonyl (C=O) groups excluding carboxylic acids is 1. The second-order valence-corrected chi connectivity index (χ2v) is 6.12. The Balaban J connectivity index is 1.62. The van der Waals surface area contributed by atoms with Crippen LogP contribution in [0.2, 0.25) is 0 Å². The van der Waals surface area contributed by atoms with E-state index in [1.54, 1.807) is 13.4 Å². The Kier molecular flexibility index (Phi) is 6.01. The topological polar surface area (TPSA) is 67.2 Å². The lowest BCUT2D eigenvalue weighted by atomic mass is 10.1. The van der Waals surface area contributed by atoms with Crippen LogP contribution in [0.25, 0.3) is 0 Å². The number of rotatable bonds is 6. The molecule has 7 heteroatoms. The Bertz CT molecular complexity index is 679. The Morgan fingerprint density at radius 2 is 1.88 bits per heavy atom. The molecule has 0 saturated carbocycles. The van der Waals surface area contributed by atoms with E-state index in [4.69, 9.17) is 9.15 Å². The molecular formula is C19H25N3O4. The predicted molar refractivity (Wildman–Crippen MR) is 98.6 cm³/mol. The number of alkyl carbamates (subject to hydrolysis) is 1. The first-order chi connectivity index (χ1) is 12.7. The maximum absolute atomic E-state index is 11.5. The largest absolute Gasteiger partial charge is 0.497 e. The van der Waals surface area contributed by atoms with Crippen LogP contribution in [0, 0.1) is 0 Å². The lowest BCUT2D eigenvalue weighted by molar-refractivity contribution is 0.145. The summed E-state index contributed by atoms with van der Waals surface area (Å²) in [7, 11) is 3.04. The number of carbonyl (C=O) groups is 1. The van der Waals surface area contributed by atoms with E-state index in [9.17, 15) is 4.79 Å². The highest BCUT2D eigenvalue weighted by Crippen LogP contribution is 2.25. The summed E-state index contributed by atoms with van der Waals surface area (Å²) in [6.45, 7) is 4.01. The fourth-order valence-corrected chi connectivity index (χ4v) is 3.23. The van der Waals surface area contributed by atoms with E-state index in [0.717, 1.165) is 37.7 Å². The Morgan fingerprint density at radius 1 is 1.15 bits per heavy atom. The summed E-state index contributed by atoms with van der Waals surface area (Å²) in [5, 5.41) is 2.78. The Labute approximate surface area is 153 Å². The van der Waals surface area contributed by atoms with Gasteiger partial charge in [0.05, 0.1) is 26.5 Å². The van der Waals surface area contributed by atoms with Gasteiger partial charge in [-0.3, -0.25) is 4.90 Å². The fraction of sp³-hybridized carbons (Fsp3) is 0.421. The summed E-state index contributed by atoms with van der Waals surface area (Å²) in [5.74, 6) is 1.71. The number of amides is 1. The lowest BCUT2D eigenvalue weighted by Crippen LogP contribution is -2.49. The van der Waals surface area contributed by atoms with Crippen LogP contribution in [0.5, 0.6) is 5.75 Å². The van der Waals surface area contributed by atoms with Gasteiger partial charge in [-0.25, -0.2) is 4.79 Å². The molecule has 3 rings (SSSR count). The summed E-state index contributed by atoms with van der Waals surface area (Å²) >= 11 is 0. The number of hydrogen-bond acceptors (Lipinski definition) is 6. The molecule has 0 bridgehead atoms. The summed E-state index contributed by atoms with van der Waals surface area (Å²) in [6, 6.07) is 11.9. The van der Waals surface area contributed by atoms with E-state index in [-0.39, 0.29) is 6.04 Å². The third-order valence-corrected chi connectivity index (χ3v) is 4.69. The Hall–Kier alpha value is -2.67. The number of hydrogen-bond donors (Lipinski definition) is 1. The van der Waals surface area contributed by atoms with Crippen molar-refractivity contribution in [3.63, 3.8) is 0 Å². The fourth-order valence-electron chi connectivity index (χ4n) is 3.23. The lowest BCUT2D eigenvalue weighted by Gasteiger charge is -2.39. The van der Waals surface area contributed by atoms with Gasteiger partial charge in [0, 0.05) is 38.4 Å². The quantitative estimate of drug-likeness (QED) is 0.855. The smallest absolute Gasteiger partial charge is 0.406 e. The van der Waals surface area contributed by atoms with E-state index in [1.807, 2.05) is 24.3 Å². The van der Waals surface area contributed by atoms with Crippen LogP contribution in [0.1, 0.15) is 11.8 Å². The van der Waals surface area contributed by atoms with Crippen molar-refractivity contribution in [2.24, 2.45) is 0 Å². The number of benzene rings is 1. The van der Waals surface area contributed by atoms with E-state index in [2.05, 4.69) is 32.0 Å². The third-order valence-electron chi connectivity index (χ3n) is 4.69. The molecule has 0 spiro atoms. The molecule has 1 aliphatic heterocycles. The molecule has 2 aromatic rings. The molecule has 1 aromatic heterocycles. The first-order valence-corrected chi connectivity index (χ1v) is 8.69. The van der Waals surface area contributed by atoms with Gasteiger partial charge in [0.15, 0.2) is 0 Å². The molecule has 7 nitrogen and oxygen atoms in total. The number of ether oxygens (including phenoxy) is 2. The molecule has 1 amide bonds. The van der Waals surface area contributed by atoms with Crippen molar-refractivity contribution in [1.29, 1.82) is 0 Å². The SMILES string of the molecule is COC(=O)NC[C@H](c1ccco1)N1CCN(c2ccc(OC)cc2)CC1. The van der Waals surface area contributed by atoms with Crippen molar-refractivity contribution in [2.45, 2.75) is 6.04 Å². The highest BCUT2D eigenvalue weighted by molar-refractivity contribution is 5.66. The summed E-state index contributed by atoms with van der Waals surface area (Å²) in [4.78, 5) is 16.1. The molecule has 0 radical (unpaired) electrons. The average molecular weight is 359 g/mol. The zero-order valence-corrected chi connectivity index (χ0v) is 15.2. The Morgan fingerprint density at radius 3 is 2.46 bits per heavy atom. The van der Waals surface area contributed by atoms with Gasteiger partial charge in [-0.15, -0.1) is 0 Å². The number of nitrogens with one attached hydrogen (secondary N) is 1. The minimum Gasteiger partial charge on any atom is -0.497 e. The molecule has 1 fully saturated rings. The van der Waals surface area contributed by atoms with Gasteiger partial charge in [-0.2, -0.15) is 0 Å². The number of anilines is 1. The highest BCUT2D eigenvalue weighted by Gasteiger charge is 2.27. The molecule has 2 heterocycles.